The lowest BCUT2D eigenvalue weighted by atomic mass is 10.3. The van der Waals surface area contributed by atoms with Crippen LogP contribution in [0.25, 0.3) is 0 Å². The molecule has 0 aliphatic heterocycles. The van der Waals surface area contributed by atoms with Crippen LogP contribution in [0.3, 0.4) is 0 Å². The molecule has 0 radical (unpaired) electrons. The maximum absolute atomic E-state index is 5.69. The highest BCUT2D eigenvalue weighted by atomic mass is 32.2. The molecule has 0 saturated heterocycles. The van der Waals surface area contributed by atoms with Gasteiger partial charge in [-0.1, -0.05) is 6.92 Å². The van der Waals surface area contributed by atoms with Gasteiger partial charge >= 0.3 is 0 Å². The Kier molecular flexibility index (Phi) is 5.18. The predicted octanol–water partition coefficient (Wildman–Crippen LogP) is 1.62. The van der Waals surface area contributed by atoms with Crippen molar-refractivity contribution in [2.24, 2.45) is 0 Å². The van der Waals surface area contributed by atoms with Gasteiger partial charge in [0, 0.05) is 11.8 Å². The molecule has 1 atom stereocenters. The van der Waals surface area contributed by atoms with Gasteiger partial charge in [-0.3, -0.25) is 0 Å². The number of rotatable bonds is 6. The molecule has 0 bridgehead atoms. The Morgan fingerprint density at radius 3 is 2.94 bits per heavy atom. The van der Waals surface area contributed by atoms with Crippen molar-refractivity contribution < 1.29 is 4.74 Å². The summed E-state index contributed by atoms with van der Waals surface area (Å²) in [5.41, 5.74) is 5.69. The molecule has 1 aromatic heterocycles. The van der Waals surface area contributed by atoms with Gasteiger partial charge < -0.3 is 15.8 Å². The summed E-state index contributed by atoms with van der Waals surface area (Å²) >= 11 is 1.88. The molecule has 1 unspecified atom stereocenters. The van der Waals surface area contributed by atoms with Crippen LogP contribution in [-0.2, 0) is 0 Å². The first kappa shape index (κ1) is 12.9. The summed E-state index contributed by atoms with van der Waals surface area (Å²) in [4.78, 5) is 8.00. The van der Waals surface area contributed by atoms with Crippen LogP contribution in [0.2, 0.25) is 0 Å². The summed E-state index contributed by atoms with van der Waals surface area (Å²) in [5.74, 6) is 3.64. The number of thioether (sulfide) groups is 1. The molecule has 0 aromatic carbocycles. The van der Waals surface area contributed by atoms with E-state index in [-0.39, 0.29) is 0 Å². The fourth-order valence-electron chi connectivity index (χ4n) is 1.26. The zero-order chi connectivity index (χ0) is 12.0. The smallest absolute Gasteiger partial charge is 0.203 e. The number of hydrogen-bond donors (Lipinski definition) is 2. The van der Waals surface area contributed by atoms with Gasteiger partial charge in [-0.25, -0.2) is 9.97 Å². The van der Waals surface area contributed by atoms with E-state index < -0.39 is 0 Å². The van der Waals surface area contributed by atoms with Gasteiger partial charge in [-0.2, -0.15) is 11.8 Å². The zero-order valence-electron chi connectivity index (χ0n) is 9.86. The van der Waals surface area contributed by atoms with Crippen LogP contribution in [-0.4, -0.2) is 34.6 Å². The van der Waals surface area contributed by atoms with Crippen molar-refractivity contribution >= 4 is 23.4 Å². The molecule has 1 rings (SSSR count). The molecule has 1 aromatic rings. The van der Waals surface area contributed by atoms with Crippen LogP contribution in [0.4, 0.5) is 11.6 Å². The Morgan fingerprint density at radius 2 is 2.31 bits per heavy atom. The number of nitrogens with two attached hydrogens (primary N) is 1. The number of hydrogen-bond acceptors (Lipinski definition) is 6. The minimum atomic E-state index is 0.313. The molecule has 0 spiro atoms. The largest absolute Gasteiger partial charge is 0.490 e. The standard InChI is InChI=1S/C10H18N4OS/c1-4-16-5-7(2)14-10-8(15-3)9(11)12-6-13-10/h6-7H,4-5H2,1-3H3,(H3,11,12,13,14). The summed E-state index contributed by atoms with van der Waals surface area (Å²) in [6, 6.07) is 0.313. The van der Waals surface area contributed by atoms with Gasteiger partial charge in [0.1, 0.15) is 6.33 Å². The highest BCUT2D eigenvalue weighted by Crippen LogP contribution is 2.26. The first-order valence-electron chi connectivity index (χ1n) is 5.17. The number of aromatic nitrogens is 2. The lowest BCUT2D eigenvalue weighted by molar-refractivity contribution is 0.415. The number of methoxy groups -OCH3 is 1. The van der Waals surface area contributed by atoms with E-state index in [1.165, 1.54) is 6.33 Å². The van der Waals surface area contributed by atoms with Crippen molar-refractivity contribution in [1.82, 2.24) is 9.97 Å². The van der Waals surface area contributed by atoms with E-state index in [9.17, 15) is 0 Å². The van der Waals surface area contributed by atoms with Crippen LogP contribution < -0.4 is 15.8 Å². The Labute approximate surface area is 100 Å². The minimum absolute atomic E-state index is 0.313. The van der Waals surface area contributed by atoms with Crippen molar-refractivity contribution in [3.05, 3.63) is 6.33 Å². The number of nitrogen functional groups attached to an aromatic ring is 1. The van der Waals surface area contributed by atoms with Gasteiger partial charge in [0.05, 0.1) is 7.11 Å². The first-order valence-corrected chi connectivity index (χ1v) is 6.33. The van der Waals surface area contributed by atoms with Crippen LogP contribution in [0.15, 0.2) is 6.33 Å². The van der Waals surface area contributed by atoms with Crippen molar-refractivity contribution in [2.75, 3.05) is 29.7 Å². The third kappa shape index (κ3) is 3.44. The van der Waals surface area contributed by atoms with Crippen LogP contribution in [0.5, 0.6) is 5.75 Å². The third-order valence-electron chi connectivity index (χ3n) is 1.99. The average Bonchev–Trinajstić information content (AvgIpc) is 2.27. The fourth-order valence-corrected chi connectivity index (χ4v) is 1.93. The van der Waals surface area contributed by atoms with Gasteiger partial charge in [0.15, 0.2) is 11.6 Å². The topological polar surface area (TPSA) is 73.1 Å². The molecule has 90 valence electrons. The lowest BCUT2D eigenvalue weighted by Gasteiger charge is -2.16. The summed E-state index contributed by atoms with van der Waals surface area (Å²) in [6.45, 7) is 4.24. The molecule has 0 amide bonds. The zero-order valence-corrected chi connectivity index (χ0v) is 10.7. The molecular weight excluding hydrogens is 224 g/mol. The highest BCUT2D eigenvalue weighted by Gasteiger charge is 2.11. The molecule has 0 fully saturated rings. The molecule has 16 heavy (non-hydrogen) atoms. The Bertz CT molecular complexity index is 335. The number of ether oxygens (including phenoxy) is 1. The van der Waals surface area contributed by atoms with Crippen LogP contribution in [0, 0.1) is 0 Å². The van der Waals surface area contributed by atoms with E-state index >= 15 is 0 Å². The number of nitrogens with zero attached hydrogens (tertiary/aromatic N) is 2. The average molecular weight is 242 g/mol. The number of nitrogens with one attached hydrogen (secondary N) is 1. The van der Waals surface area contributed by atoms with E-state index in [1.807, 2.05) is 11.8 Å². The minimum Gasteiger partial charge on any atom is -0.490 e. The van der Waals surface area contributed by atoms with E-state index in [4.69, 9.17) is 10.5 Å². The first-order chi connectivity index (χ1) is 7.69. The van der Waals surface area contributed by atoms with E-state index in [2.05, 4.69) is 29.1 Å². The number of anilines is 2. The second-order valence-corrected chi connectivity index (χ2v) is 4.66. The molecular formula is C10H18N4OS. The van der Waals surface area contributed by atoms with E-state index in [0.29, 0.717) is 23.4 Å². The van der Waals surface area contributed by atoms with Crippen LogP contribution >= 0.6 is 11.8 Å². The molecule has 5 nitrogen and oxygen atoms in total. The normalized spacial score (nSPS) is 12.2. The van der Waals surface area contributed by atoms with Gasteiger partial charge in [0.2, 0.25) is 5.75 Å². The second kappa shape index (κ2) is 6.42. The Hall–Kier alpha value is -1.17. The maximum Gasteiger partial charge on any atom is 0.203 e. The van der Waals surface area contributed by atoms with Crippen molar-refractivity contribution in [3.63, 3.8) is 0 Å². The SMILES string of the molecule is CCSCC(C)Nc1ncnc(N)c1OC. The summed E-state index contributed by atoms with van der Waals surface area (Å²) in [5, 5.41) is 3.26. The summed E-state index contributed by atoms with van der Waals surface area (Å²) < 4.78 is 5.16. The molecule has 0 saturated carbocycles. The molecule has 1 heterocycles. The summed E-state index contributed by atoms with van der Waals surface area (Å²) in [7, 11) is 1.56. The van der Waals surface area contributed by atoms with Gasteiger partial charge in [-0.15, -0.1) is 0 Å². The quantitative estimate of drug-likeness (QED) is 0.789. The Morgan fingerprint density at radius 1 is 1.56 bits per heavy atom. The summed E-state index contributed by atoms with van der Waals surface area (Å²) in [6.07, 6.45) is 1.43. The lowest BCUT2D eigenvalue weighted by Crippen LogP contribution is -2.19. The fraction of sp³-hybridized carbons (Fsp3) is 0.600. The molecule has 0 aliphatic rings. The van der Waals surface area contributed by atoms with Gasteiger partial charge in [-0.05, 0) is 12.7 Å². The van der Waals surface area contributed by atoms with Gasteiger partial charge in [0.25, 0.3) is 0 Å². The van der Waals surface area contributed by atoms with Crippen molar-refractivity contribution in [1.29, 1.82) is 0 Å². The van der Waals surface area contributed by atoms with E-state index in [0.717, 1.165) is 11.5 Å². The monoisotopic (exact) mass is 242 g/mol. The Balaban J connectivity index is 2.69. The maximum atomic E-state index is 5.69. The molecule has 3 N–H and O–H groups in total. The van der Waals surface area contributed by atoms with Crippen molar-refractivity contribution in [3.8, 4) is 5.75 Å². The third-order valence-corrected chi connectivity index (χ3v) is 3.13. The predicted molar refractivity (Wildman–Crippen MR) is 69.1 cm³/mol. The molecule has 0 aliphatic carbocycles. The molecule has 6 heteroatoms. The second-order valence-electron chi connectivity index (χ2n) is 3.35. The highest BCUT2D eigenvalue weighted by molar-refractivity contribution is 7.99. The van der Waals surface area contributed by atoms with E-state index in [1.54, 1.807) is 7.11 Å². The van der Waals surface area contributed by atoms with Crippen molar-refractivity contribution in [2.45, 2.75) is 19.9 Å². The van der Waals surface area contributed by atoms with Crippen LogP contribution in [0.1, 0.15) is 13.8 Å².